The zero-order valence-corrected chi connectivity index (χ0v) is 6.85. The van der Waals surface area contributed by atoms with Crippen LogP contribution in [0.15, 0.2) is 18.2 Å². The summed E-state index contributed by atoms with van der Waals surface area (Å²) in [6.45, 7) is 2.30. The highest BCUT2D eigenvalue weighted by Gasteiger charge is 2.06. The fourth-order valence-electron chi connectivity index (χ4n) is 0.955. The molecule has 0 fully saturated rings. The molecule has 2 N–H and O–H groups in total. The maximum absolute atomic E-state index is 12.7. The molecule has 0 saturated carbocycles. The van der Waals surface area contributed by atoms with Gasteiger partial charge in [0, 0.05) is 0 Å². The lowest BCUT2D eigenvalue weighted by Gasteiger charge is -2.08. The van der Waals surface area contributed by atoms with E-state index in [9.17, 15) is 8.78 Å². The average Bonchev–Trinajstić information content (AvgIpc) is 2.08. The Hall–Kier alpha value is -0.960. The van der Waals surface area contributed by atoms with Crippen molar-refractivity contribution in [3.63, 3.8) is 0 Å². The number of hydrogen-bond donors (Lipinski definition) is 1. The van der Waals surface area contributed by atoms with Gasteiger partial charge in [0.15, 0.2) is 11.6 Å². The van der Waals surface area contributed by atoms with E-state index in [0.29, 0.717) is 6.54 Å². The summed E-state index contributed by atoms with van der Waals surface area (Å²) in [6, 6.07) is 3.86. The molecular weight excluding hydrogens is 160 g/mol. The molecule has 12 heavy (non-hydrogen) atoms. The van der Waals surface area contributed by atoms with E-state index in [4.69, 9.17) is 5.73 Å². The smallest absolute Gasteiger partial charge is 0.159 e. The second-order valence-electron chi connectivity index (χ2n) is 2.81. The Bertz CT molecular complexity index is 273. The number of benzene rings is 1. The van der Waals surface area contributed by atoms with E-state index in [1.807, 2.05) is 6.92 Å². The first-order valence-electron chi connectivity index (χ1n) is 3.80. The first kappa shape index (κ1) is 9.13. The van der Waals surface area contributed by atoms with E-state index in [2.05, 4.69) is 0 Å². The number of nitrogens with two attached hydrogens (primary N) is 1. The van der Waals surface area contributed by atoms with Crippen molar-refractivity contribution in [3.05, 3.63) is 35.4 Å². The topological polar surface area (TPSA) is 26.0 Å². The minimum atomic E-state index is -0.817. The molecule has 0 radical (unpaired) electrons. The summed E-state index contributed by atoms with van der Waals surface area (Å²) >= 11 is 0. The van der Waals surface area contributed by atoms with Crippen molar-refractivity contribution >= 4 is 0 Å². The fourth-order valence-corrected chi connectivity index (χ4v) is 0.955. The van der Waals surface area contributed by atoms with Gasteiger partial charge in [0.05, 0.1) is 0 Å². The minimum Gasteiger partial charge on any atom is -0.330 e. The summed E-state index contributed by atoms with van der Waals surface area (Å²) in [5.41, 5.74) is 6.11. The van der Waals surface area contributed by atoms with E-state index in [-0.39, 0.29) is 5.92 Å². The van der Waals surface area contributed by atoms with Gasteiger partial charge < -0.3 is 5.73 Å². The molecule has 1 atom stereocenters. The molecule has 0 bridgehead atoms. The molecule has 0 spiro atoms. The fraction of sp³-hybridized carbons (Fsp3) is 0.333. The summed E-state index contributed by atoms with van der Waals surface area (Å²) in [4.78, 5) is 0. The Morgan fingerprint density at radius 3 is 2.50 bits per heavy atom. The van der Waals surface area contributed by atoms with Gasteiger partial charge in [-0.1, -0.05) is 13.0 Å². The summed E-state index contributed by atoms with van der Waals surface area (Å²) in [7, 11) is 0. The van der Waals surface area contributed by atoms with E-state index in [1.165, 1.54) is 6.07 Å². The monoisotopic (exact) mass is 171 g/mol. The van der Waals surface area contributed by atoms with E-state index >= 15 is 0 Å². The first-order valence-corrected chi connectivity index (χ1v) is 3.80. The Morgan fingerprint density at radius 2 is 2.00 bits per heavy atom. The van der Waals surface area contributed by atoms with Crippen LogP contribution in [0, 0.1) is 11.6 Å². The zero-order valence-electron chi connectivity index (χ0n) is 6.85. The Balaban J connectivity index is 2.96. The molecule has 1 aromatic rings. The van der Waals surface area contributed by atoms with E-state index < -0.39 is 11.6 Å². The van der Waals surface area contributed by atoms with Gasteiger partial charge in [0.2, 0.25) is 0 Å². The Labute approximate surface area is 70.2 Å². The molecule has 66 valence electrons. The highest BCUT2D eigenvalue weighted by Crippen LogP contribution is 2.16. The van der Waals surface area contributed by atoms with Crippen molar-refractivity contribution in [1.29, 1.82) is 0 Å². The molecule has 1 nitrogen and oxygen atoms in total. The van der Waals surface area contributed by atoms with Gasteiger partial charge in [-0.3, -0.25) is 0 Å². The molecule has 3 heteroatoms. The molecule has 0 heterocycles. The Kier molecular flexibility index (Phi) is 2.76. The number of halogens is 2. The molecule has 0 aromatic heterocycles. The van der Waals surface area contributed by atoms with Crippen molar-refractivity contribution in [2.75, 3.05) is 6.54 Å². The van der Waals surface area contributed by atoms with Gasteiger partial charge in [-0.15, -0.1) is 0 Å². The van der Waals surface area contributed by atoms with Crippen LogP contribution in [0.1, 0.15) is 18.4 Å². The second kappa shape index (κ2) is 3.63. The van der Waals surface area contributed by atoms with Crippen molar-refractivity contribution in [2.24, 2.45) is 5.73 Å². The maximum Gasteiger partial charge on any atom is 0.159 e. The van der Waals surface area contributed by atoms with Crippen molar-refractivity contribution < 1.29 is 8.78 Å². The van der Waals surface area contributed by atoms with Gasteiger partial charge in [0.25, 0.3) is 0 Å². The van der Waals surface area contributed by atoms with Crippen LogP contribution >= 0.6 is 0 Å². The molecule has 1 unspecified atom stereocenters. The summed E-state index contributed by atoms with van der Waals surface area (Å²) in [5, 5.41) is 0. The SMILES string of the molecule is CC(CN)c1ccc(F)c(F)c1. The van der Waals surface area contributed by atoms with Crippen LogP contribution in [-0.2, 0) is 0 Å². The van der Waals surface area contributed by atoms with E-state index in [0.717, 1.165) is 11.6 Å². The van der Waals surface area contributed by atoms with Crippen LogP contribution in [0.25, 0.3) is 0 Å². The first-order chi connectivity index (χ1) is 5.65. The molecule has 0 aliphatic heterocycles. The lowest BCUT2D eigenvalue weighted by molar-refractivity contribution is 0.505. The normalized spacial score (nSPS) is 13.0. The number of rotatable bonds is 2. The molecule has 1 aromatic carbocycles. The highest BCUT2D eigenvalue weighted by molar-refractivity contribution is 5.21. The largest absolute Gasteiger partial charge is 0.330 e. The predicted octanol–water partition coefficient (Wildman–Crippen LogP) is 2.03. The van der Waals surface area contributed by atoms with Gasteiger partial charge in [-0.05, 0) is 30.2 Å². The molecule has 0 aliphatic carbocycles. The van der Waals surface area contributed by atoms with Gasteiger partial charge in [-0.2, -0.15) is 0 Å². The molecular formula is C9H11F2N. The summed E-state index contributed by atoms with van der Waals surface area (Å²) in [6.07, 6.45) is 0. The maximum atomic E-state index is 12.7. The lowest BCUT2D eigenvalue weighted by atomic mass is 10.0. The van der Waals surface area contributed by atoms with Crippen LogP contribution in [0.3, 0.4) is 0 Å². The van der Waals surface area contributed by atoms with Gasteiger partial charge >= 0.3 is 0 Å². The standard InChI is InChI=1S/C9H11F2N/c1-6(5-12)7-2-3-8(10)9(11)4-7/h2-4,6H,5,12H2,1H3. The van der Waals surface area contributed by atoms with Crippen LogP contribution in [0.4, 0.5) is 8.78 Å². The number of hydrogen-bond acceptors (Lipinski definition) is 1. The third kappa shape index (κ3) is 1.80. The molecule has 0 saturated heterocycles. The zero-order chi connectivity index (χ0) is 9.14. The Morgan fingerprint density at radius 1 is 1.33 bits per heavy atom. The van der Waals surface area contributed by atoms with Gasteiger partial charge in [0.1, 0.15) is 0 Å². The molecule has 1 rings (SSSR count). The van der Waals surface area contributed by atoms with Gasteiger partial charge in [-0.25, -0.2) is 8.78 Å². The summed E-state index contributed by atoms with van der Waals surface area (Å²) < 4.78 is 25.1. The third-order valence-electron chi connectivity index (χ3n) is 1.87. The quantitative estimate of drug-likeness (QED) is 0.723. The average molecular weight is 171 g/mol. The predicted molar refractivity (Wildman–Crippen MR) is 43.8 cm³/mol. The summed E-state index contributed by atoms with van der Waals surface area (Å²) in [5.74, 6) is -1.56. The van der Waals surface area contributed by atoms with Crippen LogP contribution in [0.5, 0.6) is 0 Å². The van der Waals surface area contributed by atoms with Crippen molar-refractivity contribution in [2.45, 2.75) is 12.8 Å². The van der Waals surface area contributed by atoms with E-state index in [1.54, 1.807) is 6.07 Å². The second-order valence-corrected chi connectivity index (χ2v) is 2.81. The lowest BCUT2D eigenvalue weighted by Crippen LogP contribution is -2.09. The van der Waals surface area contributed by atoms with Crippen LogP contribution in [0.2, 0.25) is 0 Å². The highest BCUT2D eigenvalue weighted by atomic mass is 19.2. The third-order valence-corrected chi connectivity index (χ3v) is 1.87. The molecule has 0 aliphatic rings. The minimum absolute atomic E-state index is 0.0695. The van der Waals surface area contributed by atoms with Crippen LogP contribution < -0.4 is 5.73 Å². The van der Waals surface area contributed by atoms with Crippen molar-refractivity contribution in [3.8, 4) is 0 Å². The van der Waals surface area contributed by atoms with Crippen LogP contribution in [-0.4, -0.2) is 6.54 Å². The molecule has 0 amide bonds. The van der Waals surface area contributed by atoms with Crippen molar-refractivity contribution in [1.82, 2.24) is 0 Å².